The molecule has 0 saturated carbocycles. The van der Waals surface area contributed by atoms with Crippen LogP contribution in [0.1, 0.15) is 0 Å². The third-order valence-corrected chi connectivity index (χ3v) is 1.45. The molecule has 0 bridgehead atoms. The Labute approximate surface area is 99.3 Å². The molecule has 0 atom stereocenters. The number of thiol groups is 2. The second kappa shape index (κ2) is 10.4. The third-order valence-electron chi connectivity index (χ3n) is 1.20. The monoisotopic (exact) mass is 254 g/mol. The van der Waals surface area contributed by atoms with Crippen molar-refractivity contribution in [1.29, 1.82) is 0 Å². The lowest BCUT2D eigenvalue weighted by atomic mass is 10.7. The van der Waals surface area contributed by atoms with Crippen molar-refractivity contribution in [1.82, 2.24) is 0 Å². The average molecular weight is 254 g/mol. The molecular weight excluding hydrogens is 240 g/mol. The van der Waals surface area contributed by atoms with Crippen LogP contribution < -0.4 is 0 Å². The Bertz CT molecular complexity index is 177. The fourth-order valence-electron chi connectivity index (χ4n) is 0.657. The normalized spacial score (nSPS) is 10.3. The van der Waals surface area contributed by atoms with E-state index in [1.165, 1.54) is 0 Å². The summed E-state index contributed by atoms with van der Waals surface area (Å²) in [5, 5.41) is -0.628. The summed E-state index contributed by atoms with van der Waals surface area (Å²) in [6, 6.07) is 0. The largest absolute Gasteiger partial charge is 0.377 e. The van der Waals surface area contributed by atoms with Crippen LogP contribution >= 0.6 is 25.3 Å². The van der Waals surface area contributed by atoms with E-state index in [1.54, 1.807) is 0 Å². The maximum Gasteiger partial charge on any atom is 0.211 e. The number of hydrogen-bond donors (Lipinski definition) is 2. The molecule has 0 aromatic carbocycles. The van der Waals surface area contributed by atoms with Gasteiger partial charge in [0.2, 0.25) is 10.2 Å². The molecule has 0 aliphatic carbocycles. The molecule has 0 spiro atoms. The van der Waals surface area contributed by atoms with E-state index in [2.05, 4.69) is 25.3 Å². The Morgan fingerprint density at radius 1 is 0.733 bits per heavy atom. The van der Waals surface area contributed by atoms with Gasteiger partial charge in [-0.1, -0.05) is 0 Å². The molecule has 5 nitrogen and oxygen atoms in total. The highest BCUT2D eigenvalue weighted by Gasteiger charge is 1.95. The second-order valence-corrected chi connectivity index (χ2v) is 3.50. The maximum atomic E-state index is 10.3. The molecule has 0 heterocycles. The summed E-state index contributed by atoms with van der Waals surface area (Å²) in [5.74, 6) is 0. The zero-order chi connectivity index (χ0) is 11.5. The molecule has 0 unspecified atom stereocenters. The van der Waals surface area contributed by atoms with Crippen LogP contribution in [0.5, 0.6) is 0 Å². The summed E-state index contributed by atoms with van der Waals surface area (Å²) in [4.78, 5) is 20.6. The highest BCUT2D eigenvalue weighted by molar-refractivity contribution is 7.96. The van der Waals surface area contributed by atoms with Crippen molar-refractivity contribution in [3.05, 3.63) is 0 Å². The van der Waals surface area contributed by atoms with Gasteiger partial charge in [-0.2, -0.15) is 0 Å². The first-order chi connectivity index (χ1) is 7.13. The van der Waals surface area contributed by atoms with Gasteiger partial charge in [0.1, 0.15) is 13.2 Å². The summed E-state index contributed by atoms with van der Waals surface area (Å²) in [6.07, 6.45) is 0. The van der Waals surface area contributed by atoms with Crippen molar-refractivity contribution in [2.24, 2.45) is 0 Å². The second-order valence-electron chi connectivity index (χ2n) is 2.51. The molecule has 0 aromatic rings. The molecule has 0 N–H and O–H groups in total. The van der Waals surface area contributed by atoms with Crippen LogP contribution in [0.3, 0.4) is 0 Å². The van der Waals surface area contributed by atoms with Crippen LogP contribution in [-0.4, -0.2) is 49.9 Å². The van der Waals surface area contributed by atoms with Crippen molar-refractivity contribution in [3.63, 3.8) is 0 Å². The minimum atomic E-state index is -0.314. The molecular formula is C8H14O5S2. The third kappa shape index (κ3) is 13.9. The van der Waals surface area contributed by atoms with E-state index in [0.29, 0.717) is 26.4 Å². The molecule has 15 heavy (non-hydrogen) atoms. The Morgan fingerprint density at radius 2 is 1.07 bits per heavy atom. The van der Waals surface area contributed by atoms with Crippen LogP contribution in [0.15, 0.2) is 0 Å². The number of ether oxygens (including phenoxy) is 3. The van der Waals surface area contributed by atoms with Crippen molar-refractivity contribution in [2.75, 3.05) is 39.6 Å². The lowest BCUT2D eigenvalue weighted by molar-refractivity contribution is -0.115. The summed E-state index contributed by atoms with van der Waals surface area (Å²) in [5.41, 5.74) is 0. The van der Waals surface area contributed by atoms with Gasteiger partial charge in [0.25, 0.3) is 0 Å². The molecule has 88 valence electrons. The predicted octanol–water partition coefficient (Wildman–Crippen LogP) is -0.0510. The minimum absolute atomic E-state index is 0.0167. The van der Waals surface area contributed by atoms with E-state index in [1.807, 2.05) is 0 Å². The van der Waals surface area contributed by atoms with Crippen LogP contribution in [0.25, 0.3) is 0 Å². The highest BCUT2D eigenvalue weighted by Crippen LogP contribution is 1.85. The first-order valence-corrected chi connectivity index (χ1v) is 5.19. The summed E-state index contributed by atoms with van der Waals surface area (Å²) < 4.78 is 14.8. The van der Waals surface area contributed by atoms with Gasteiger partial charge >= 0.3 is 0 Å². The van der Waals surface area contributed by atoms with E-state index in [-0.39, 0.29) is 23.4 Å². The van der Waals surface area contributed by atoms with E-state index >= 15 is 0 Å². The Kier molecular flexibility index (Phi) is 10.4. The van der Waals surface area contributed by atoms with E-state index in [0.717, 1.165) is 0 Å². The first kappa shape index (κ1) is 14.9. The summed E-state index contributed by atoms with van der Waals surface area (Å²) >= 11 is 7.05. The SMILES string of the molecule is O=C(S)COCCOCCOCC(=O)S. The number of carbonyl (C=O) groups excluding carboxylic acids is 2. The zero-order valence-corrected chi connectivity index (χ0v) is 9.97. The quantitative estimate of drug-likeness (QED) is 0.423. The molecule has 0 aromatic heterocycles. The van der Waals surface area contributed by atoms with E-state index in [4.69, 9.17) is 14.2 Å². The molecule has 0 radical (unpaired) electrons. The average Bonchev–Trinajstić information content (AvgIpc) is 2.14. The van der Waals surface area contributed by atoms with Crippen LogP contribution in [0, 0.1) is 0 Å². The Morgan fingerprint density at radius 3 is 1.40 bits per heavy atom. The van der Waals surface area contributed by atoms with Gasteiger partial charge in [-0.3, -0.25) is 9.59 Å². The van der Waals surface area contributed by atoms with Gasteiger partial charge in [-0.15, -0.1) is 25.3 Å². The van der Waals surface area contributed by atoms with Gasteiger partial charge in [0.15, 0.2) is 0 Å². The summed E-state index contributed by atoms with van der Waals surface area (Å²) in [7, 11) is 0. The topological polar surface area (TPSA) is 61.8 Å². The van der Waals surface area contributed by atoms with Gasteiger partial charge in [-0.25, -0.2) is 0 Å². The van der Waals surface area contributed by atoms with Crippen molar-refractivity contribution in [2.45, 2.75) is 0 Å². The number of hydrogen-bond acceptors (Lipinski definition) is 5. The van der Waals surface area contributed by atoms with Crippen molar-refractivity contribution < 1.29 is 23.8 Å². The van der Waals surface area contributed by atoms with Crippen LogP contribution in [0.2, 0.25) is 0 Å². The lowest BCUT2D eigenvalue weighted by Crippen LogP contribution is -2.12. The molecule has 0 saturated heterocycles. The van der Waals surface area contributed by atoms with Crippen LogP contribution in [0.4, 0.5) is 0 Å². The van der Waals surface area contributed by atoms with E-state index in [9.17, 15) is 9.59 Å². The van der Waals surface area contributed by atoms with Crippen LogP contribution in [-0.2, 0) is 23.8 Å². The standard InChI is InChI=1S/C8H14O5S2/c9-7(14)5-12-3-1-11-2-4-13-6-8(10)15/h1-6H2,(H,9,14)(H,10,15). The van der Waals surface area contributed by atoms with Gasteiger partial charge in [0, 0.05) is 0 Å². The fraction of sp³-hybridized carbons (Fsp3) is 0.750. The number of rotatable bonds is 10. The Hall–Kier alpha value is -0.0800. The van der Waals surface area contributed by atoms with Gasteiger partial charge in [0.05, 0.1) is 26.4 Å². The molecule has 0 fully saturated rings. The first-order valence-electron chi connectivity index (χ1n) is 4.29. The minimum Gasteiger partial charge on any atom is -0.377 e. The van der Waals surface area contributed by atoms with Crippen molar-refractivity contribution >= 4 is 35.5 Å². The Balaban J connectivity index is 2.99. The fourth-order valence-corrected chi connectivity index (χ4v) is 0.839. The molecule has 0 aliphatic rings. The zero-order valence-electron chi connectivity index (χ0n) is 8.18. The van der Waals surface area contributed by atoms with Gasteiger partial charge in [-0.05, 0) is 0 Å². The maximum absolute atomic E-state index is 10.3. The van der Waals surface area contributed by atoms with Crippen molar-refractivity contribution in [3.8, 4) is 0 Å². The van der Waals surface area contributed by atoms with Gasteiger partial charge < -0.3 is 14.2 Å². The number of carbonyl (C=O) groups is 2. The molecule has 7 heteroatoms. The summed E-state index contributed by atoms with van der Waals surface area (Å²) in [6.45, 7) is 1.38. The smallest absolute Gasteiger partial charge is 0.211 e. The highest BCUT2D eigenvalue weighted by atomic mass is 32.1. The lowest BCUT2D eigenvalue weighted by Gasteiger charge is -2.04. The molecule has 0 rings (SSSR count). The predicted molar refractivity (Wildman–Crippen MR) is 60.4 cm³/mol. The molecule has 0 amide bonds. The van der Waals surface area contributed by atoms with E-state index < -0.39 is 0 Å². The molecule has 0 aliphatic heterocycles.